The number of nitrogens with one attached hydrogen (secondary N) is 1. The predicted molar refractivity (Wildman–Crippen MR) is 70.3 cm³/mol. The molecule has 1 unspecified atom stereocenters. The molecule has 0 spiro atoms. The molecule has 0 amide bonds. The zero-order valence-electron chi connectivity index (χ0n) is 11.1. The lowest BCUT2D eigenvalue weighted by molar-refractivity contribution is -0.0249. The number of aromatic amines is 1. The molecule has 1 aliphatic rings. The van der Waals surface area contributed by atoms with Crippen LogP contribution in [0.15, 0.2) is 4.79 Å². The second-order valence-corrected chi connectivity index (χ2v) is 4.92. The highest BCUT2D eigenvalue weighted by Gasteiger charge is 2.44. The van der Waals surface area contributed by atoms with Gasteiger partial charge in [-0.15, -0.1) is 0 Å². The van der Waals surface area contributed by atoms with Gasteiger partial charge < -0.3 is 30.8 Å². The van der Waals surface area contributed by atoms with Crippen LogP contribution in [0.4, 0.5) is 5.82 Å². The van der Waals surface area contributed by atoms with Gasteiger partial charge in [-0.25, -0.2) is 9.78 Å². The highest BCUT2D eigenvalue weighted by molar-refractivity contribution is 5.81. The van der Waals surface area contributed by atoms with E-state index in [2.05, 4.69) is 15.0 Å². The van der Waals surface area contributed by atoms with E-state index >= 15 is 0 Å². The van der Waals surface area contributed by atoms with Crippen molar-refractivity contribution in [1.82, 2.24) is 19.5 Å². The summed E-state index contributed by atoms with van der Waals surface area (Å²) in [5, 5.41) is 28.8. The number of anilines is 1. The minimum Gasteiger partial charge on any atom is -0.394 e. The van der Waals surface area contributed by atoms with Gasteiger partial charge in [0.2, 0.25) is 0 Å². The first-order valence-electron chi connectivity index (χ1n) is 6.28. The van der Waals surface area contributed by atoms with E-state index in [0.717, 1.165) is 4.57 Å². The number of hydrogen-bond donors (Lipinski definition) is 5. The molecule has 10 heteroatoms. The largest absolute Gasteiger partial charge is 0.394 e. The van der Waals surface area contributed by atoms with Gasteiger partial charge in [0, 0.05) is 7.05 Å². The van der Waals surface area contributed by atoms with Crippen LogP contribution in [0.25, 0.3) is 11.2 Å². The van der Waals surface area contributed by atoms with Crippen molar-refractivity contribution in [1.29, 1.82) is 0 Å². The van der Waals surface area contributed by atoms with Crippen LogP contribution in [0, 0.1) is 0 Å². The average Bonchev–Trinajstić information content (AvgIpc) is 2.99. The zero-order chi connectivity index (χ0) is 15.3. The molecule has 114 valence electrons. The number of aliphatic hydroxyl groups is 3. The van der Waals surface area contributed by atoms with Crippen molar-refractivity contribution < 1.29 is 20.1 Å². The molecule has 0 saturated carbocycles. The fraction of sp³-hybridized carbons (Fsp3) is 0.545. The number of H-pyrrole nitrogens is 1. The van der Waals surface area contributed by atoms with Gasteiger partial charge in [-0.2, -0.15) is 4.98 Å². The van der Waals surface area contributed by atoms with Crippen molar-refractivity contribution in [2.24, 2.45) is 7.05 Å². The average molecular weight is 297 g/mol. The van der Waals surface area contributed by atoms with E-state index in [1.54, 1.807) is 0 Å². The van der Waals surface area contributed by atoms with Crippen molar-refractivity contribution in [3.63, 3.8) is 0 Å². The van der Waals surface area contributed by atoms with Gasteiger partial charge in [-0.3, -0.25) is 4.57 Å². The number of hydrogen-bond acceptors (Lipinski definition) is 8. The minimum atomic E-state index is -1.26. The quantitative estimate of drug-likeness (QED) is 0.403. The molecule has 2 aromatic rings. The zero-order valence-corrected chi connectivity index (χ0v) is 11.1. The second-order valence-electron chi connectivity index (χ2n) is 4.92. The van der Waals surface area contributed by atoms with Gasteiger partial charge in [0.25, 0.3) is 0 Å². The fourth-order valence-corrected chi connectivity index (χ4v) is 2.34. The summed E-state index contributed by atoms with van der Waals surface area (Å²) < 4.78 is 6.51. The van der Waals surface area contributed by atoms with Crippen LogP contribution >= 0.6 is 0 Å². The molecule has 4 atom stereocenters. The maximum Gasteiger partial charge on any atom is 0.351 e. The maximum atomic E-state index is 11.6. The molecule has 0 radical (unpaired) electrons. The van der Waals surface area contributed by atoms with Crippen LogP contribution in [0.5, 0.6) is 0 Å². The van der Waals surface area contributed by atoms with Crippen molar-refractivity contribution in [2.45, 2.75) is 24.4 Å². The van der Waals surface area contributed by atoms with E-state index in [9.17, 15) is 15.0 Å². The van der Waals surface area contributed by atoms with Crippen molar-refractivity contribution in [2.75, 3.05) is 12.3 Å². The first kappa shape index (κ1) is 13.9. The van der Waals surface area contributed by atoms with E-state index < -0.39 is 36.7 Å². The topological polar surface area (TPSA) is 160 Å². The van der Waals surface area contributed by atoms with Crippen molar-refractivity contribution in [3.8, 4) is 0 Å². The number of nitrogen functional groups attached to an aromatic ring is 1. The Morgan fingerprint density at radius 2 is 2.10 bits per heavy atom. The number of aromatic nitrogens is 4. The highest BCUT2D eigenvalue weighted by atomic mass is 16.6. The Kier molecular flexibility index (Phi) is 3.17. The first-order chi connectivity index (χ1) is 9.93. The molecular formula is C11H15N5O5. The number of nitrogens with zero attached hydrogens (tertiary/aromatic N) is 3. The lowest BCUT2D eigenvalue weighted by atomic mass is 10.1. The van der Waals surface area contributed by atoms with Crippen LogP contribution in [0.3, 0.4) is 0 Å². The van der Waals surface area contributed by atoms with E-state index in [1.807, 2.05) is 0 Å². The maximum absolute atomic E-state index is 11.6. The molecule has 0 bridgehead atoms. The third-order valence-corrected chi connectivity index (χ3v) is 3.62. The Morgan fingerprint density at radius 1 is 1.38 bits per heavy atom. The summed E-state index contributed by atoms with van der Waals surface area (Å²) >= 11 is 0. The molecule has 3 heterocycles. The van der Waals surface area contributed by atoms with Gasteiger partial charge in [0.05, 0.1) is 6.61 Å². The van der Waals surface area contributed by atoms with Gasteiger partial charge >= 0.3 is 5.69 Å². The number of nitrogens with two attached hydrogens (primary N) is 1. The number of fused-ring (bicyclic) bond motifs is 1. The molecule has 10 nitrogen and oxygen atoms in total. The third-order valence-electron chi connectivity index (χ3n) is 3.62. The minimum absolute atomic E-state index is 0.100. The van der Waals surface area contributed by atoms with Crippen LogP contribution in [0.1, 0.15) is 11.9 Å². The SMILES string of the molecule is Cn1c(N)c2[nH]c(C3O[C@H](CO)[C@@H](O)[C@H]3O)nc2nc1=O. The van der Waals surface area contributed by atoms with E-state index in [-0.39, 0.29) is 17.3 Å². The number of aliphatic hydroxyl groups excluding tert-OH is 3. The Bertz CT molecular complexity index is 740. The number of ether oxygens (including phenoxy) is 1. The Morgan fingerprint density at radius 3 is 2.71 bits per heavy atom. The van der Waals surface area contributed by atoms with Gasteiger partial charge in [0.15, 0.2) is 5.65 Å². The molecule has 0 aliphatic carbocycles. The summed E-state index contributed by atoms with van der Waals surface area (Å²) in [7, 11) is 1.47. The van der Waals surface area contributed by atoms with E-state index in [1.165, 1.54) is 7.05 Å². The van der Waals surface area contributed by atoms with Crippen LogP contribution in [-0.2, 0) is 11.8 Å². The molecule has 1 aliphatic heterocycles. The third kappa shape index (κ3) is 2.00. The molecule has 0 aromatic carbocycles. The monoisotopic (exact) mass is 297 g/mol. The molecular weight excluding hydrogens is 282 g/mol. The lowest BCUT2D eigenvalue weighted by Gasteiger charge is -2.11. The van der Waals surface area contributed by atoms with Crippen molar-refractivity contribution >= 4 is 17.0 Å². The van der Waals surface area contributed by atoms with Crippen molar-refractivity contribution in [3.05, 3.63) is 16.3 Å². The number of imidazole rings is 1. The molecule has 2 aromatic heterocycles. The molecule has 1 saturated heterocycles. The Balaban J connectivity index is 2.06. The van der Waals surface area contributed by atoms with Gasteiger partial charge in [-0.05, 0) is 0 Å². The van der Waals surface area contributed by atoms with Gasteiger partial charge in [-0.1, -0.05) is 0 Å². The molecule has 21 heavy (non-hydrogen) atoms. The summed E-state index contributed by atoms with van der Waals surface area (Å²) in [4.78, 5) is 22.2. The Hall–Kier alpha value is -2.01. The van der Waals surface area contributed by atoms with E-state index in [0.29, 0.717) is 5.52 Å². The molecule has 6 N–H and O–H groups in total. The summed E-state index contributed by atoms with van der Waals surface area (Å²) in [6.07, 6.45) is -4.37. The summed E-state index contributed by atoms with van der Waals surface area (Å²) in [6, 6.07) is 0. The summed E-state index contributed by atoms with van der Waals surface area (Å²) in [5.41, 5.74) is 5.69. The smallest absolute Gasteiger partial charge is 0.351 e. The summed E-state index contributed by atoms with van der Waals surface area (Å²) in [5.74, 6) is 0.327. The molecule has 3 rings (SSSR count). The van der Waals surface area contributed by atoms with Gasteiger partial charge in [0.1, 0.15) is 41.6 Å². The predicted octanol–water partition coefficient (Wildman–Crippen LogP) is -2.61. The summed E-state index contributed by atoms with van der Waals surface area (Å²) in [6.45, 7) is -0.436. The molecule has 1 fully saturated rings. The first-order valence-corrected chi connectivity index (χ1v) is 6.28. The Labute approximate surface area is 117 Å². The van der Waals surface area contributed by atoms with Crippen LogP contribution in [0.2, 0.25) is 0 Å². The fourth-order valence-electron chi connectivity index (χ4n) is 2.34. The van der Waals surface area contributed by atoms with Crippen LogP contribution < -0.4 is 11.4 Å². The lowest BCUT2D eigenvalue weighted by Crippen LogP contribution is -2.32. The second kappa shape index (κ2) is 4.77. The highest BCUT2D eigenvalue weighted by Crippen LogP contribution is 2.33. The van der Waals surface area contributed by atoms with E-state index in [4.69, 9.17) is 15.6 Å². The van der Waals surface area contributed by atoms with Crippen LogP contribution in [-0.4, -0.2) is 59.8 Å². The standard InChI is InChI=1S/C11H15N5O5/c1-16-8(12)4-9(15-11(16)20)14-10(13-4)7-6(19)5(18)3(2-17)21-7/h3,5-7,17-19H,2,12H2,1H3,(H,13,14,15,20)/t3-,5-,6-,7?/m1/s1. The normalized spacial score (nSPS) is 29.3. The number of rotatable bonds is 2.